The van der Waals surface area contributed by atoms with Crippen LogP contribution in [0.15, 0.2) is 65.6 Å². The Kier molecular flexibility index (Phi) is 4.69. The van der Waals surface area contributed by atoms with Crippen LogP contribution in [0.5, 0.6) is 0 Å². The van der Waals surface area contributed by atoms with E-state index in [1.165, 1.54) is 0 Å². The van der Waals surface area contributed by atoms with Gasteiger partial charge in [-0.05, 0) is 55.5 Å². The molecule has 0 amide bonds. The molecule has 0 bridgehead atoms. The normalized spacial score (nSPS) is 12.3. The second kappa shape index (κ2) is 7.10. The number of fused-ring (bicyclic) bond motifs is 1. The first-order valence-electron chi connectivity index (χ1n) is 8.63. The van der Waals surface area contributed by atoms with Crippen molar-refractivity contribution in [1.29, 1.82) is 0 Å². The molecule has 0 aliphatic rings. The average molecular weight is 433 g/mol. The van der Waals surface area contributed by atoms with Crippen molar-refractivity contribution in [3.63, 3.8) is 0 Å². The lowest BCUT2D eigenvalue weighted by atomic mass is 10.1. The van der Waals surface area contributed by atoms with Crippen LogP contribution in [0.4, 0.5) is 18.9 Å². The molecule has 30 heavy (non-hydrogen) atoms. The molecule has 4 rings (SSSR count). The first kappa shape index (κ1) is 19.8. The number of aromatic nitrogens is 4. The molecule has 2 heterocycles. The zero-order valence-corrected chi connectivity index (χ0v) is 16.2. The summed E-state index contributed by atoms with van der Waals surface area (Å²) in [5.74, 6) is 0.632. The van der Waals surface area contributed by atoms with Crippen LogP contribution in [-0.2, 0) is 16.2 Å². The molecule has 2 aromatic heterocycles. The van der Waals surface area contributed by atoms with Gasteiger partial charge in [-0.1, -0.05) is 12.1 Å². The fourth-order valence-electron chi connectivity index (χ4n) is 2.80. The van der Waals surface area contributed by atoms with Crippen molar-refractivity contribution >= 4 is 21.4 Å². The van der Waals surface area contributed by atoms with Gasteiger partial charge in [-0.25, -0.2) is 8.42 Å². The van der Waals surface area contributed by atoms with Gasteiger partial charge in [0.05, 0.1) is 16.2 Å². The maximum Gasteiger partial charge on any atom is 0.416 e. The van der Waals surface area contributed by atoms with Crippen molar-refractivity contribution in [2.24, 2.45) is 0 Å². The SMILES string of the molecule is Cc1nnc2ccc(-c3ccc(NS(=O)(=O)c4ccc(C(F)(F)F)cc4)cc3)nn12. The molecule has 7 nitrogen and oxygen atoms in total. The Hall–Kier alpha value is -3.47. The highest BCUT2D eigenvalue weighted by Gasteiger charge is 2.30. The van der Waals surface area contributed by atoms with Crippen molar-refractivity contribution in [3.8, 4) is 11.3 Å². The Labute approximate surface area is 169 Å². The predicted molar refractivity (Wildman–Crippen MR) is 103 cm³/mol. The van der Waals surface area contributed by atoms with Gasteiger partial charge in [0.2, 0.25) is 0 Å². The van der Waals surface area contributed by atoms with Crippen LogP contribution in [0.25, 0.3) is 16.9 Å². The Morgan fingerprint density at radius 1 is 0.900 bits per heavy atom. The van der Waals surface area contributed by atoms with E-state index in [9.17, 15) is 21.6 Å². The van der Waals surface area contributed by atoms with Crippen LogP contribution < -0.4 is 4.72 Å². The number of benzene rings is 2. The number of halogens is 3. The molecule has 11 heteroatoms. The van der Waals surface area contributed by atoms with Gasteiger partial charge >= 0.3 is 6.18 Å². The van der Waals surface area contributed by atoms with E-state index in [0.29, 0.717) is 17.2 Å². The predicted octanol–water partition coefficient (Wildman–Crippen LogP) is 3.92. The Morgan fingerprint density at radius 2 is 1.57 bits per heavy atom. The number of nitrogens with zero attached hydrogens (tertiary/aromatic N) is 4. The molecule has 0 fully saturated rings. The summed E-state index contributed by atoms with van der Waals surface area (Å²) in [6, 6.07) is 13.3. The largest absolute Gasteiger partial charge is 0.416 e. The first-order valence-corrected chi connectivity index (χ1v) is 10.1. The maximum atomic E-state index is 12.7. The van der Waals surface area contributed by atoms with Gasteiger partial charge in [-0.3, -0.25) is 4.72 Å². The number of nitrogens with one attached hydrogen (secondary N) is 1. The number of hydrogen-bond donors (Lipinski definition) is 1. The minimum absolute atomic E-state index is 0.264. The monoisotopic (exact) mass is 433 g/mol. The number of aryl methyl sites for hydroxylation is 1. The first-order chi connectivity index (χ1) is 14.1. The number of hydrogen-bond acceptors (Lipinski definition) is 5. The molecule has 4 aromatic rings. The van der Waals surface area contributed by atoms with Crippen molar-refractivity contribution in [1.82, 2.24) is 19.8 Å². The number of sulfonamides is 1. The third-order valence-corrected chi connectivity index (χ3v) is 5.74. The van der Waals surface area contributed by atoms with Crippen molar-refractivity contribution in [2.75, 3.05) is 4.72 Å². The summed E-state index contributed by atoms with van der Waals surface area (Å²) < 4.78 is 66.8. The number of alkyl halides is 3. The Bertz CT molecular complexity index is 1320. The van der Waals surface area contributed by atoms with Crippen LogP contribution >= 0.6 is 0 Å². The van der Waals surface area contributed by atoms with Crippen LogP contribution in [0.1, 0.15) is 11.4 Å². The summed E-state index contributed by atoms with van der Waals surface area (Å²) in [5, 5.41) is 12.4. The standard InChI is InChI=1S/C19H14F3N5O2S/c1-12-23-24-18-11-10-17(25-27(12)18)13-2-6-15(7-3-13)26-30(28,29)16-8-4-14(5-9-16)19(20,21)22/h2-11,26H,1H3. The van der Waals surface area contributed by atoms with Crippen LogP contribution in [-0.4, -0.2) is 28.2 Å². The summed E-state index contributed by atoms with van der Waals surface area (Å²) in [7, 11) is -4.03. The highest BCUT2D eigenvalue weighted by molar-refractivity contribution is 7.92. The molecule has 0 aliphatic carbocycles. The van der Waals surface area contributed by atoms with Gasteiger partial charge in [-0.15, -0.1) is 10.2 Å². The second-order valence-corrected chi connectivity index (χ2v) is 8.12. The molecule has 0 saturated carbocycles. The summed E-state index contributed by atoms with van der Waals surface area (Å²) >= 11 is 0. The van der Waals surface area contributed by atoms with Crippen LogP contribution in [0.3, 0.4) is 0 Å². The third-order valence-electron chi connectivity index (χ3n) is 4.34. The second-order valence-electron chi connectivity index (χ2n) is 6.44. The topological polar surface area (TPSA) is 89.2 Å². The van der Waals surface area contributed by atoms with Gasteiger partial charge in [0.25, 0.3) is 10.0 Å². The van der Waals surface area contributed by atoms with Crippen molar-refractivity contribution in [2.45, 2.75) is 18.0 Å². The maximum absolute atomic E-state index is 12.7. The van der Waals surface area contributed by atoms with Gasteiger partial charge in [0.1, 0.15) is 0 Å². The van der Waals surface area contributed by atoms with E-state index in [4.69, 9.17) is 0 Å². The summed E-state index contributed by atoms with van der Waals surface area (Å²) in [6.45, 7) is 1.77. The van der Waals surface area contributed by atoms with E-state index < -0.39 is 21.8 Å². The highest BCUT2D eigenvalue weighted by atomic mass is 32.2. The lowest BCUT2D eigenvalue weighted by Crippen LogP contribution is -2.13. The summed E-state index contributed by atoms with van der Waals surface area (Å²) in [5.41, 5.74) is 1.33. The van der Waals surface area contributed by atoms with E-state index in [1.807, 2.05) is 0 Å². The summed E-state index contributed by atoms with van der Waals surface area (Å²) in [4.78, 5) is -0.269. The fraction of sp³-hybridized carbons (Fsp3) is 0.105. The van der Waals surface area contributed by atoms with Gasteiger partial charge in [0.15, 0.2) is 11.5 Å². The van der Waals surface area contributed by atoms with Gasteiger partial charge in [0, 0.05) is 11.3 Å². The zero-order valence-electron chi connectivity index (χ0n) is 15.4. The molecule has 154 valence electrons. The summed E-state index contributed by atoms with van der Waals surface area (Å²) in [6.07, 6.45) is -4.53. The molecular weight excluding hydrogens is 419 g/mol. The van der Waals surface area contributed by atoms with Crippen molar-refractivity contribution < 1.29 is 21.6 Å². The van der Waals surface area contributed by atoms with E-state index >= 15 is 0 Å². The molecule has 1 N–H and O–H groups in total. The number of anilines is 1. The molecular formula is C19H14F3N5O2S. The third kappa shape index (κ3) is 3.83. The Balaban J connectivity index is 1.55. The average Bonchev–Trinajstić information content (AvgIpc) is 3.08. The molecule has 0 atom stereocenters. The van der Waals surface area contributed by atoms with E-state index in [0.717, 1.165) is 29.8 Å². The molecule has 0 unspecified atom stereocenters. The van der Waals surface area contributed by atoms with E-state index in [-0.39, 0.29) is 10.6 Å². The fourth-order valence-corrected chi connectivity index (χ4v) is 3.85. The number of rotatable bonds is 4. The van der Waals surface area contributed by atoms with Crippen molar-refractivity contribution in [3.05, 3.63) is 72.1 Å². The zero-order chi connectivity index (χ0) is 21.5. The lowest BCUT2D eigenvalue weighted by Gasteiger charge is -2.11. The quantitative estimate of drug-likeness (QED) is 0.527. The van der Waals surface area contributed by atoms with Gasteiger partial charge in [-0.2, -0.15) is 22.8 Å². The smallest absolute Gasteiger partial charge is 0.280 e. The van der Waals surface area contributed by atoms with E-state index in [1.54, 1.807) is 47.8 Å². The molecule has 0 spiro atoms. The minimum Gasteiger partial charge on any atom is -0.280 e. The molecule has 0 aliphatic heterocycles. The van der Waals surface area contributed by atoms with E-state index in [2.05, 4.69) is 20.0 Å². The highest BCUT2D eigenvalue weighted by Crippen LogP contribution is 2.30. The molecule has 2 aromatic carbocycles. The minimum atomic E-state index is -4.53. The lowest BCUT2D eigenvalue weighted by molar-refractivity contribution is -0.137. The van der Waals surface area contributed by atoms with Crippen LogP contribution in [0.2, 0.25) is 0 Å². The Morgan fingerprint density at radius 3 is 2.20 bits per heavy atom. The van der Waals surface area contributed by atoms with Crippen LogP contribution in [0, 0.1) is 6.92 Å². The molecule has 0 saturated heterocycles. The van der Waals surface area contributed by atoms with Gasteiger partial charge < -0.3 is 0 Å². The molecule has 0 radical (unpaired) electrons.